The van der Waals surface area contributed by atoms with Crippen LogP contribution in [0.3, 0.4) is 0 Å². The first-order valence-corrected chi connectivity index (χ1v) is 9.14. The third-order valence-electron chi connectivity index (χ3n) is 4.85. The summed E-state index contributed by atoms with van der Waals surface area (Å²) in [5.74, 6) is -0.228. The molecule has 2 amide bonds. The van der Waals surface area contributed by atoms with E-state index >= 15 is 0 Å². The number of carbonyl (C=O) groups is 2. The number of hydrogen-bond acceptors (Lipinski definition) is 4. The standard InChI is InChI=1S/C19H25N5O2/c1-3-13(2)21-18(25)15-7-5-9-24(12-15)19(26)17-10-16(22-23-17)14-6-4-8-20-11-14/h4,6,8,10-11,13,15H,3,5,7,9,12H2,1-2H3,(H,21,25)(H,22,23). The Kier molecular flexibility index (Phi) is 5.65. The highest BCUT2D eigenvalue weighted by Gasteiger charge is 2.30. The topological polar surface area (TPSA) is 91.0 Å². The van der Waals surface area contributed by atoms with Crippen molar-refractivity contribution in [1.82, 2.24) is 25.4 Å². The molecule has 26 heavy (non-hydrogen) atoms. The highest BCUT2D eigenvalue weighted by Crippen LogP contribution is 2.21. The largest absolute Gasteiger partial charge is 0.353 e. The van der Waals surface area contributed by atoms with E-state index in [9.17, 15) is 9.59 Å². The second kappa shape index (κ2) is 8.12. The summed E-state index contributed by atoms with van der Waals surface area (Å²) >= 11 is 0. The molecule has 1 aliphatic rings. The molecular formula is C19H25N5O2. The van der Waals surface area contributed by atoms with E-state index < -0.39 is 0 Å². The number of amides is 2. The summed E-state index contributed by atoms with van der Waals surface area (Å²) < 4.78 is 0. The Bertz CT molecular complexity index is 758. The molecule has 0 radical (unpaired) electrons. The Morgan fingerprint density at radius 1 is 1.46 bits per heavy atom. The average molecular weight is 355 g/mol. The molecule has 0 saturated carbocycles. The summed E-state index contributed by atoms with van der Waals surface area (Å²) in [5.41, 5.74) is 1.98. The van der Waals surface area contributed by atoms with Crippen LogP contribution in [0.25, 0.3) is 11.3 Å². The molecule has 1 saturated heterocycles. The minimum absolute atomic E-state index is 0.0394. The van der Waals surface area contributed by atoms with Gasteiger partial charge in [0, 0.05) is 37.1 Å². The maximum absolute atomic E-state index is 12.8. The van der Waals surface area contributed by atoms with E-state index in [4.69, 9.17) is 0 Å². The Morgan fingerprint density at radius 3 is 3.04 bits per heavy atom. The molecule has 0 spiro atoms. The van der Waals surface area contributed by atoms with Crippen LogP contribution < -0.4 is 5.32 Å². The zero-order valence-electron chi connectivity index (χ0n) is 15.2. The molecule has 2 unspecified atom stereocenters. The molecule has 138 valence electrons. The van der Waals surface area contributed by atoms with Crippen LogP contribution in [-0.2, 0) is 4.79 Å². The summed E-state index contributed by atoms with van der Waals surface area (Å²) in [6.07, 6.45) is 5.94. The number of likely N-dealkylation sites (tertiary alicyclic amines) is 1. The summed E-state index contributed by atoms with van der Waals surface area (Å²) in [6.45, 7) is 5.14. The fourth-order valence-corrected chi connectivity index (χ4v) is 3.10. The molecule has 7 nitrogen and oxygen atoms in total. The Hall–Kier alpha value is -2.70. The number of aromatic nitrogens is 3. The van der Waals surface area contributed by atoms with E-state index in [2.05, 4.69) is 20.5 Å². The zero-order valence-corrected chi connectivity index (χ0v) is 15.2. The molecule has 0 bridgehead atoms. The number of rotatable bonds is 5. The molecule has 2 N–H and O–H groups in total. The SMILES string of the molecule is CCC(C)NC(=O)C1CCCN(C(=O)c2cc(-c3cccnc3)n[nH]2)C1. The first-order chi connectivity index (χ1) is 12.6. The molecule has 1 aliphatic heterocycles. The number of H-pyrrole nitrogens is 1. The lowest BCUT2D eigenvalue weighted by Crippen LogP contribution is -2.47. The van der Waals surface area contributed by atoms with Gasteiger partial charge in [-0.2, -0.15) is 5.10 Å². The average Bonchev–Trinajstić information content (AvgIpc) is 3.18. The normalized spacial score (nSPS) is 18.4. The van der Waals surface area contributed by atoms with Crippen molar-refractivity contribution in [2.24, 2.45) is 5.92 Å². The van der Waals surface area contributed by atoms with Gasteiger partial charge in [0.2, 0.25) is 5.91 Å². The highest BCUT2D eigenvalue weighted by molar-refractivity contribution is 5.94. The number of nitrogens with one attached hydrogen (secondary N) is 2. The lowest BCUT2D eigenvalue weighted by molar-refractivity contribution is -0.126. The Morgan fingerprint density at radius 2 is 2.31 bits per heavy atom. The predicted octanol–water partition coefficient (Wildman–Crippen LogP) is 2.24. The van der Waals surface area contributed by atoms with Crippen LogP contribution in [0.2, 0.25) is 0 Å². The Balaban J connectivity index is 1.66. The van der Waals surface area contributed by atoms with Crippen LogP contribution in [0.4, 0.5) is 0 Å². The maximum atomic E-state index is 12.8. The monoisotopic (exact) mass is 355 g/mol. The van der Waals surface area contributed by atoms with Crippen molar-refractivity contribution >= 4 is 11.8 Å². The molecule has 3 heterocycles. The van der Waals surface area contributed by atoms with Gasteiger partial charge in [-0.3, -0.25) is 19.7 Å². The van der Waals surface area contributed by atoms with E-state index in [0.29, 0.717) is 24.5 Å². The second-order valence-electron chi connectivity index (χ2n) is 6.82. The van der Waals surface area contributed by atoms with Crippen LogP contribution in [0, 0.1) is 5.92 Å². The third-order valence-corrected chi connectivity index (χ3v) is 4.85. The van der Waals surface area contributed by atoms with Crippen molar-refractivity contribution < 1.29 is 9.59 Å². The molecule has 0 aliphatic carbocycles. The van der Waals surface area contributed by atoms with Gasteiger partial charge in [0.05, 0.1) is 11.6 Å². The molecule has 2 aromatic heterocycles. The predicted molar refractivity (Wildman–Crippen MR) is 98.3 cm³/mol. The van der Waals surface area contributed by atoms with Crippen molar-refractivity contribution in [3.05, 3.63) is 36.3 Å². The van der Waals surface area contributed by atoms with Crippen LogP contribution >= 0.6 is 0 Å². The van der Waals surface area contributed by atoms with Crippen LogP contribution in [0.15, 0.2) is 30.6 Å². The molecule has 1 fully saturated rings. The Labute approximate surface area is 153 Å². The molecule has 3 rings (SSSR count). The van der Waals surface area contributed by atoms with Crippen molar-refractivity contribution in [3.63, 3.8) is 0 Å². The lowest BCUT2D eigenvalue weighted by Gasteiger charge is -2.32. The van der Waals surface area contributed by atoms with Crippen LogP contribution in [0.5, 0.6) is 0 Å². The number of pyridine rings is 1. The smallest absolute Gasteiger partial charge is 0.271 e. The minimum Gasteiger partial charge on any atom is -0.353 e. The minimum atomic E-state index is -0.151. The summed E-state index contributed by atoms with van der Waals surface area (Å²) in [6, 6.07) is 5.62. The summed E-state index contributed by atoms with van der Waals surface area (Å²) in [7, 11) is 0. The fraction of sp³-hybridized carbons (Fsp3) is 0.474. The van der Waals surface area contributed by atoms with Crippen molar-refractivity contribution in [2.45, 2.75) is 39.2 Å². The van der Waals surface area contributed by atoms with E-state index in [1.54, 1.807) is 23.4 Å². The van der Waals surface area contributed by atoms with Gasteiger partial charge in [0.25, 0.3) is 5.91 Å². The molecule has 0 aromatic carbocycles. The van der Waals surface area contributed by atoms with Gasteiger partial charge in [-0.25, -0.2) is 0 Å². The van der Waals surface area contributed by atoms with E-state index in [-0.39, 0.29) is 23.8 Å². The number of aromatic amines is 1. The summed E-state index contributed by atoms with van der Waals surface area (Å²) in [4.78, 5) is 31.0. The number of hydrogen-bond donors (Lipinski definition) is 2. The highest BCUT2D eigenvalue weighted by atomic mass is 16.2. The maximum Gasteiger partial charge on any atom is 0.271 e. The quantitative estimate of drug-likeness (QED) is 0.860. The van der Waals surface area contributed by atoms with Gasteiger partial charge < -0.3 is 10.2 Å². The second-order valence-corrected chi connectivity index (χ2v) is 6.82. The van der Waals surface area contributed by atoms with Crippen LogP contribution in [0.1, 0.15) is 43.6 Å². The third kappa shape index (κ3) is 4.09. The zero-order chi connectivity index (χ0) is 18.5. The summed E-state index contributed by atoms with van der Waals surface area (Å²) in [5, 5.41) is 10.1. The van der Waals surface area contributed by atoms with Gasteiger partial charge in [0.1, 0.15) is 5.69 Å². The number of piperidine rings is 1. The van der Waals surface area contributed by atoms with Crippen molar-refractivity contribution in [2.75, 3.05) is 13.1 Å². The van der Waals surface area contributed by atoms with Crippen molar-refractivity contribution in [3.8, 4) is 11.3 Å². The molecular weight excluding hydrogens is 330 g/mol. The number of nitrogens with zero attached hydrogens (tertiary/aromatic N) is 3. The van der Waals surface area contributed by atoms with Gasteiger partial charge >= 0.3 is 0 Å². The molecule has 7 heteroatoms. The van der Waals surface area contributed by atoms with Gasteiger partial charge in [0.15, 0.2) is 0 Å². The van der Waals surface area contributed by atoms with Gasteiger partial charge in [-0.05, 0) is 44.4 Å². The molecule has 2 aromatic rings. The lowest BCUT2D eigenvalue weighted by atomic mass is 9.96. The van der Waals surface area contributed by atoms with Gasteiger partial charge in [-0.1, -0.05) is 6.92 Å². The number of carbonyl (C=O) groups excluding carboxylic acids is 2. The van der Waals surface area contributed by atoms with Crippen molar-refractivity contribution in [1.29, 1.82) is 0 Å². The first-order valence-electron chi connectivity index (χ1n) is 9.14. The van der Waals surface area contributed by atoms with Crippen LogP contribution in [-0.4, -0.2) is 51.0 Å². The van der Waals surface area contributed by atoms with E-state index in [1.165, 1.54) is 0 Å². The molecule has 2 atom stereocenters. The fourth-order valence-electron chi connectivity index (χ4n) is 3.10. The van der Waals surface area contributed by atoms with E-state index in [1.807, 2.05) is 26.0 Å². The van der Waals surface area contributed by atoms with E-state index in [0.717, 1.165) is 24.8 Å². The first kappa shape index (κ1) is 18.1. The van der Waals surface area contributed by atoms with Gasteiger partial charge in [-0.15, -0.1) is 0 Å².